The van der Waals surface area contributed by atoms with Gasteiger partial charge in [-0.05, 0) is 0 Å². The van der Waals surface area contributed by atoms with Crippen molar-refractivity contribution in [3.8, 4) is 0 Å². The Hall–Kier alpha value is -1.89. The number of nitrogens with one attached hydrogen (secondary N) is 2. The minimum atomic E-state index is -0.479. The molecule has 1 fully saturated rings. The van der Waals surface area contributed by atoms with Crippen LogP contribution in [0.15, 0.2) is 12.4 Å². The minimum absolute atomic E-state index is 0.162. The van der Waals surface area contributed by atoms with Gasteiger partial charge in [-0.25, -0.2) is 4.98 Å². The summed E-state index contributed by atoms with van der Waals surface area (Å²) in [6, 6.07) is -0.479. The van der Waals surface area contributed by atoms with Crippen LogP contribution in [-0.2, 0) is 11.8 Å². The van der Waals surface area contributed by atoms with Crippen LogP contribution in [0.1, 0.15) is 10.6 Å². The van der Waals surface area contributed by atoms with Crippen molar-refractivity contribution in [3.05, 3.63) is 18.2 Å². The monoisotopic (exact) mass is 251 g/mol. The lowest BCUT2D eigenvalue weighted by atomic mass is 10.1. The van der Waals surface area contributed by atoms with Crippen molar-refractivity contribution in [3.63, 3.8) is 0 Å². The second kappa shape index (κ2) is 5.18. The maximum absolute atomic E-state index is 12.3. The number of aromatic nitrogens is 2. The molecule has 0 aromatic carbocycles. The molecule has 0 bridgehead atoms. The first-order valence-electron chi connectivity index (χ1n) is 5.85. The van der Waals surface area contributed by atoms with Crippen molar-refractivity contribution in [2.75, 3.05) is 26.7 Å². The predicted octanol–water partition coefficient (Wildman–Crippen LogP) is -1.42. The third-order valence-corrected chi connectivity index (χ3v) is 3.07. The molecule has 2 N–H and O–H groups in total. The van der Waals surface area contributed by atoms with Gasteiger partial charge in [-0.15, -0.1) is 0 Å². The molecule has 1 atom stereocenters. The first kappa shape index (κ1) is 12.6. The van der Waals surface area contributed by atoms with E-state index in [1.54, 1.807) is 36.0 Å². The number of aryl methyl sites for hydroxylation is 1. The molecule has 1 aliphatic heterocycles. The average molecular weight is 251 g/mol. The van der Waals surface area contributed by atoms with Gasteiger partial charge >= 0.3 is 0 Å². The van der Waals surface area contributed by atoms with Gasteiger partial charge in [0.25, 0.3) is 5.91 Å². The lowest BCUT2D eigenvalue weighted by Gasteiger charge is -2.34. The zero-order valence-electron chi connectivity index (χ0n) is 10.5. The lowest BCUT2D eigenvalue weighted by Crippen LogP contribution is -2.59. The number of rotatable bonds is 2. The number of piperazine rings is 1. The van der Waals surface area contributed by atoms with E-state index in [0.717, 1.165) is 0 Å². The third kappa shape index (κ3) is 2.21. The van der Waals surface area contributed by atoms with Crippen molar-refractivity contribution in [1.82, 2.24) is 25.1 Å². The summed E-state index contributed by atoms with van der Waals surface area (Å²) in [6.45, 7) is 1.66. The Morgan fingerprint density at radius 2 is 2.33 bits per heavy atom. The number of likely N-dealkylation sites (N-methyl/N-ethyl adjacent to an activating group) is 1. The first-order valence-corrected chi connectivity index (χ1v) is 5.85. The van der Waals surface area contributed by atoms with Crippen LogP contribution < -0.4 is 10.6 Å². The van der Waals surface area contributed by atoms with Crippen LogP contribution in [0.3, 0.4) is 0 Å². The van der Waals surface area contributed by atoms with Gasteiger partial charge in [0.05, 0.1) is 0 Å². The number of carbonyl (C=O) groups excluding carboxylic acids is 2. The molecule has 1 aromatic rings. The number of nitrogens with zero attached hydrogens (tertiary/aromatic N) is 3. The molecule has 1 unspecified atom stereocenters. The zero-order valence-corrected chi connectivity index (χ0v) is 10.5. The van der Waals surface area contributed by atoms with Crippen LogP contribution in [0.5, 0.6) is 0 Å². The molecule has 0 saturated carbocycles. The molecule has 1 aromatic heterocycles. The Balaban J connectivity index is 2.21. The van der Waals surface area contributed by atoms with Crippen molar-refractivity contribution in [2.45, 2.75) is 6.04 Å². The highest BCUT2D eigenvalue weighted by Gasteiger charge is 2.33. The van der Waals surface area contributed by atoms with Crippen LogP contribution in [0.2, 0.25) is 0 Å². The number of amides is 2. The van der Waals surface area contributed by atoms with Crippen molar-refractivity contribution in [1.29, 1.82) is 0 Å². The van der Waals surface area contributed by atoms with Gasteiger partial charge in [0.2, 0.25) is 5.91 Å². The number of imidazole rings is 1. The molecule has 2 rings (SSSR count). The zero-order chi connectivity index (χ0) is 13.1. The van der Waals surface area contributed by atoms with E-state index in [2.05, 4.69) is 15.6 Å². The standard InChI is InChI=1S/C11H17N5O2/c1-12-10(17)8-7-13-3-6-16(8)11(18)9-14-4-5-15(9)2/h4-5,8,13H,3,6-7H2,1-2H3,(H,12,17). The summed E-state index contributed by atoms with van der Waals surface area (Å²) in [5.41, 5.74) is 0. The van der Waals surface area contributed by atoms with Gasteiger partial charge in [0, 0.05) is 46.1 Å². The second-order valence-electron chi connectivity index (χ2n) is 4.19. The Bertz CT molecular complexity index is 456. The fraction of sp³-hybridized carbons (Fsp3) is 0.545. The van der Waals surface area contributed by atoms with E-state index in [-0.39, 0.29) is 11.8 Å². The predicted molar refractivity (Wildman–Crippen MR) is 65.0 cm³/mol. The van der Waals surface area contributed by atoms with Crippen LogP contribution in [0, 0.1) is 0 Å². The Morgan fingerprint density at radius 3 is 2.94 bits per heavy atom. The molecule has 18 heavy (non-hydrogen) atoms. The largest absolute Gasteiger partial charge is 0.357 e. The average Bonchev–Trinajstić information content (AvgIpc) is 2.83. The van der Waals surface area contributed by atoms with Crippen LogP contribution >= 0.6 is 0 Å². The number of hydrogen-bond donors (Lipinski definition) is 2. The summed E-state index contributed by atoms with van der Waals surface area (Å²) in [5.74, 6) is -0.0202. The molecular formula is C11H17N5O2. The maximum atomic E-state index is 12.3. The molecule has 1 saturated heterocycles. The lowest BCUT2D eigenvalue weighted by molar-refractivity contribution is -0.125. The highest BCUT2D eigenvalue weighted by molar-refractivity contribution is 5.95. The molecular weight excluding hydrogens is 234 g/mol. The fourth-order valence-corrected chi connectivity index (χ4v) is 2.05. The number of carbonyl (C=O) groups is 2. The SMILES string of the molecule is CNC(=O)C1CNCCN1C(=O)c1nccn1C. The first-order chi connectivity index (χ1) is 8.65. The normalized spacial score (nSPS) is 19.7. The summed E-state index contributed by atoms with van der Waals surface area (Å²) in [7, 11) is 3.33. The molecule has 98 valence electrons. The van der Waals surface area contributed by atoms with E-state index in [4.69, 9.17) is 0 Å². The maximum Gasteiger partial charge on any atom is 0.290 e. The molecule has 0 spiro atoms. The fourth-order valence-electron chi connectivity index (χ4n) is 2.05. The highest BCUT2D eigenvalue weighted by Crippen LogP contribution is 2.09. The quantitative estimate of drug-likeness (QED) is 0.676. The van der Waals surface area contributed by atoms with E-state index >= 15 is 0 Å². The smallest absolute Gasteiger partial charge is 0.290 e. The minimum Gasteiger partial charge on any atom is -0.357 e. The van der Waals surface area contributed by atoms with Gasteiger partial charge in [-0.2, -0.15) is 0 Å². The molecule has 7 nitrogen and oxygen atoms in total. The van der Waals surface area contributed by atoms with Crippen molar-refractivity contribution >= 4 is 11.8 Å². The molecule has 0 aliphatic carbocycles. The van der Waals surface area contributed by atoms with Gasteiger partial charge in [-0.3, -0.25) is 9.59 Å². The van der Waals surface area contributed by atoms with E-state index in [9.17, 15) is 9.59 Å². The van der Waals surface area contributed by atoms with E-state index in [1.807, 2.05) is 0 Å². The summed E-state index contributed by atoms with van der Waals surface area (Å²) in [5, 5.41) is 5.69. The van der Waals surface area contributed by atoms with E-state index in [1.165, 1.54) is 0 Å². The summed E-state index contributed by atoms with van der Waals surface area (Å²) in [6.07, 6.45) is 3.29. The molecule has 2 amide bonds. The number of hydrogen-bond acceptors (Lipinski definition) is 4. The second-order valence-corrected chi connectivity index (χ2v) is 4.19. The summed E-state index contributed by atoms with van der Waals surface area (Å²) in [4.78, 5) is 29.7. The molecule has 0 radical (unpaired) electrons. The molecule has 1 aliphatic rings. The van der Waals surface area contributed by atoms with Gasteiger partial charge in [0.1, 0.15) is 6.04 Å². The van der Waals surface area contributed by atoms with Crippen LogP contribution in [0.4, 0.5) is 0 Å². The van der Waals surface area contributed by atoms with Crippen LogP contribution in [0.25, 0.3) is 0 Å². The van der Waals surface area contributed by atoms with Crippen molar-refractivity contribution in [2.24, 2.45) is 7.05 Å². The van der Waals surface area contributed by atoms with Gasteiger partial charge < -0.3 is 20.1 Å². The summed E-state index contributed by atoms with van der Waals surface area (Å²) >= 11 is 0. The van der Waals surface area contributed by atoms with Crippen LogP contribution in [-0.4, -0.2) is 59.0 Å². The Kier molecular flexibility index (Phi) is 3.61. The highest BCUT2D eigenvalue weighted by atomic mass is 16.2. The Labute approximate surface area is 105 Å². The van der Waals surface area contributed by atoms with E-state index in [0.29, 0.717) is 25.5 Å². The third-order valence-electron chi connectivity index (χ3n) is 3.07. The Morgan fingerprint density at radius 1 is 1.56 bits per heavy atom. The van der Waals surface area contributed by atoms with Crippen molar-refractivity contribution < 1.29 is 9.59 Å². The molecule has 2 heterocycles. The van der Waals surface area contributed by atoms with Gasteiger partial charge in [0.15, 0.2) is 5.82 Å². The van der Waals surface area contributed by atoms with E-state index < -0.39 is 6.04 Å². The van der Waals surface area contributed by atoms with Gasteiger partial charge in [-0.1, -0.05) is 0 Å². The summed E-state index contributed by atoms with van der Waals surface area (Å²) < 4.78 is 1.66. The topological polar surface area (TPSA) is 79.3 Å². The molecule has 7 heteroatoms.